The summed E-state index contributed by atoms with van der Waals surface area (Å²) < 4.78 is 0. The van der Waals surface area contributed by atoms with Crippen molar-refractivity contribution in [2.24, 2.45) is 11.8 Å². The van der Waals surface area contributed by atoms with E-state index >= 15 is 0 Å². The molecule has 140 valence electrons. The van der Waals surface area contributed by atoms with Gasteiger partial charge in [0.25, 0.3) is 0 Å². The summed E-state index contributed by atoms with van der Waals surface area (Å²) in [6.45, 7) is 1.23. The first kappa shape index (κ1) is 17.5. The summed E-state index contributed by atoms with van der Waals surface area (Å²) in [5.41, 5.74) is 0.432. The lowest BCUT2D eigenvalue weighted by molar-refractivity contribution is -0.148. The van der Waals surface area contributed by atoms with Crippen molar-refractivity contribution in [2.45, 2.75) is 50.2 Å². The molecular weight excluding hydrogens is 328 g/mol. The highest BCUT2D eigenvalue weighted by atomic mass is 16.3. The normalized spacial score (nSPS) is 34.7. The van der Waals surface area contributed by atoms with Crippen LogP contribution in [0.5, 0.6) is 0 Å². The molecule has 0 bridgehead atoms. The van der Waals surface area contributed by atoms with Crippen molar-refractivity contribution >= 4 is 11.8 Å². The first-order chi connectivity index (χ1) is 12.5. The van der Waals surface area contributed by atoms with Gasteiger partial charge in [0.1, 0.15) is 0 Å². The minimum atomic E-state index is -0.587. The Morgan fingerprint density at radius 3 is 2.73 bits per heavy atom. The Morgan fingerprint density at radius 2 is 1.96 bits per heavy atom. The fraction of sp³-hybridized carbons (Fsp3) is 0.619. The molecule has 2 amide bonds. The molecular formula is C21H28N2O3. The number of rotatable bonds is 2. The Labute approximate surface area is 155 Å². The van der Waals surface area contributed by atoms with Crippen molar-refractivity contribution in [3.8, 4) is 0 Å². The molecule has 2 saturated heterocycles. The number of hydrogen-bond donors (Lipinski definition) is 1. The van der Waals surface area contributed by atoms with Crippen molar-refractivity contribution in [1.82, 2.24) is 9.80 Å². The van der Waals surface area contributed by atoms with Gasteiger partial charge < -0.3 is 14.9 Å². The van der Waals surface area contributed by atoms with E-state index in [2.05, 4.69) is 0 Å². The van der Waals surface area contributed by atoms with E-state index in [-0.39, 0.29) is 36.1 Å². The van der Waals surface area contributed by atoms with Gasteiger partial charge in [-0.05, 0) is 24.8 Å². The second-order valence-electron chi connectivity index (χ2n) is 8.25. The molecule has 0 unspecified atom stereocenters. The van der Waals surface area contributed by atoms with Gasteiger partial charge in [0.2, 0.25) is 11.8 Å². The third-order valence-corrected chi connectivity index (χ3v) is 6.78. The molecule has 1 saturated carbocycles. The number of amides is 2. The molecule has 3 aliphatic rings. The summed E-state index contributed by atoms with van der Waals surface area (Å²) in [6, 6.07) is 9.66. The van der Waals surface area contributed by atoms with Crippen LogP contribution in [0, 0.1) is 11.8 Å². The smallest absolute Gasteiger partial charge is 0.228 e. The van der Waals surface area contributed by atoms with Gasteiger partial charge in [-0.15, -0.1) is 0 Å². The molecule has 1 aliphatic carbocycles. The molecule has 5 heteroatoms. The quantitative estimate of drug-likeness (QED) is 0.885. The third-order valence-electron chi connectivity index (χ3n) is 6.78. The van der Waals surface area contributed by atoms with Crippen LogP contribution in [0.25, 0.3) is 0 Å². The zero-order valence-corrected chi connectivity index (χ0v) is 15.4. The molecule has 5 nitrogen and oxygen atoms in total. The van der Waals surface area contributed by atoms with Gasteiger partial charge in [0.05, 0.1) is 17.6 Å². The van der Waals surface area contributed by atoms with Gasteiger partial charge in [-0.25, -0.2) is 0 Å². The second kappa shape index (κ2) is 6.69. The van der Waals surface area contributed by atoms with Crippen molar-refractivity contribution in [1.29, 1.82) is 0 Å². The van der Waals surface area contributed by atoms with Crippen LogP contribution in [0.1, 0.15) is 50.1 Å². The van der Waals surface area contributed by atoms with Gasteiger partial charge in [-0.3, -0.25) is 9.59 Å². The van der Waals surface area contributed by atoms with E-state index in [0.717, 1.165) is 31.2 Å². The summed E-state index contributed by atoms with van der Waals surface area (Å²) in [4.78, 5) is 29.3. The van der Waals surface area contributed by atoms with Crippen molar-refractivity contribution < 1.29 is 14.7 Å². The van der Waals surface area contributed by atoms with Crippen LogP contribution in [0.4, 0.5) is 0 Å². The van der Waals surface area contributed by atoms with Crippen LogP contribution in [0.2, 0.25) is 0 Å². The van der Waals surface area contributed by atoms with E-state index in [1.807, 2.05) is 35.2 Å². The summed E-state index contributed by atoms with van der Waals surface area (Å²) in [6.07, 6.45) is 5.00. The van der Waals surface area contributed by atoms with Crippen molar-refractivity contribution in [3.05, 3.63) is 35.9 Å². The average Bonchev–Trinajstić information content (AvgIpc) is 2.96. The predicted octanol–water partition coefficient (Wildman–Crippen LogP) is 2.36. The SMILES string of the molecule is CN1C(=O)C[C@H](C(=O)N2CC[C@]3(O)CCCC[C@H]3C2)[C@H]1c1ccccc1. The number of likely N-dealkylation sites (tertiary alicyclic amines) is 2. The lowest BCUT2D eigenvalue weighted by atomic mass is 9.71. The molecule has 0 spiro atoms. The number of carbonyl (C=O) groups excluding carboxylic acids is 2. The van der Waals surface area contributed by atoms with Crippen LogP contribution >= 0.6 is 0 Å². The first-order valence-electron chi connectivity index (χ1n) is 9.81. The number of carbonyl (C=O) groups is 2. The van der Waals surface area contributed by atoms with Crippen LogP contribution in [-0.2, 0) is 9.59 Å². The lowest BCUT2D eigenvalue weighted by Crippen LogP contribution is -2.55. The fourth-order valence-corrected chi connectivity index (χ4v) is 5.20. The maximum absolute atomic E-state index is 13.3. The molecule has 2 aliphatic heterocycles. The number of nitrogens with zero attached hydrogens (tertiary/aromatic N) is 2. The largest absolute Gasteiger partial charge is 0.389 e. The number of piperidine rings is 1. The Bertz CT molecular complexity index is 692. The van der Waals surface area contributed by atoms with Gasteiger partial charge in [0, 0.05) is 32.5 Å². The van der Waals surface area contributed by atoms with E-state index in [1.165, 1.54) is 0 Å². The number of hydrogen-bond acceptors (Lipinski definition) is 3. The zero-order chi connectivity index (χ0) is 18.3. The fourth-order valence-electron chi connectivity index (χ4n) is 5.20. The second-order valence-corrected chi connectivity index (χ2v) is 8.25. The van der Waals surface area contributed by atoms with E-state index in [1.54, 1.807) is 11.9 Å². The van der Waals surface area contributed by atoms with E-state index < -0.39 is 5.60 Å². The summed E-state index contributed by atoms with van der Waals surface area (Å²) in [7, 11) is 1.80. The Hall–Kier alpha value is -1.88. The van der Waals surface area contributed by atoms with Crippen molar-refractivity contribution in [3.63, 3.8) is 0 Å². The average molecular weight is 356 g/mol. The molecule has 4 atom stereocenters. The van der Waals surface area contributed by atoms with E-state index in [4.69, 9.17) is 0 Å². The molecule has 26 heavy (non-hydrogen) atoms. The van der Waals surface area contributed by atoms with Gasteiger partial charge in [-0.1, -0.05) is 43.2 Å². The monoisotopic (exact) mass is 356 g/mol. The van der Waals surface area contributed by atoms with Crippen molar-refractivity contribution in [2.75, 3.05) is 20.1 Å². The van der Waals surface area contributed by atoms with Gasteiger partial charge in [-0.2, -0.15) is 0 Å². The predicted molar refractivity (Wildman–Crippen MR) is 98.2 cm³/mol. The summed E-state index contributed by atoms with van der Waals surface area (Å²) >= 11 is 0. The highest BCUT2D eigenvalue weighted by Crippen LogP contribution is 2.42. The van der Waals surface area contributed by atoms with Crippen LogP contribution in [0.15, 0.2) is 30.3 Å². The van der Waals surface area contributed by atoms with E-state index in [0.29, 0.717) is 19.5 Å². The lowest BCUT2D eigenvalue weighted by Gasteiger charge is -2.48. The molecule has 2 heterocycles. The van der Waals surface area contributed by atoms with Crippen LogP contribution in [0.3, 0.4) is 0 Å². The molecule has 1 N–H and O–H groups in total. The maximum Gasteiger partial charge on any atom is 0.228 e. The highest BCUT2D eigenvalue weighted by Gasteiger charge is 2.48. The summed E-state index contributed by atoms with van der Waals surface area (Å²) in [5, 5.41) is 10.9. The van der Waals surface area contributed by atoms with Gasteiger partial charge in [0.15, 0.2) is 0 Å². The van der Waals surface area contributed by atoms with Crippen LogP contribution in [-0.4, -0.2) is 52.5 Å². The minimum Gasteiger partial charge on any atom is -0.389 e. The summed E-state index contributed by atoms with van der Waals surface area (Å²) in [5.74, 6) is -0.0452. The topological polar surface area (TPSA) is 60.9 Å². The first-order valence-corrected chi connectivity index (χ1v) is 9.81. The zero-order valence-electron chi connectivity index (χ0n) is 15.4. The van der Waals surface area contributed by atoms with Crippen LogP contribution < -0.4 is 0 Å². The van der Waals surface area contributed by atoms with E-state index in [9.17, 15) is 14.7 Å². The third kappa shape index (κ3) is 2.92. The standard InChI is InChI=1S/C21H28N2O3/c1-22-18(24)13-17(19(22)15-7-3-2-4-8-15)20(25)23-12-11-21(26)10-6-5-9-16(21)14-23/h2-4,7-8,16-17,19,26H,5-6,9-14H2,1H3/t16-,17-,19+,21+/m0/s1. The van der Waals surface area contributed by atoms with Gasteiger partial charge >= 0.3 is 0 Å². The number of fused-ring (bicyclic) bond motifs is 1. The number of benzene rings is 1. The molecule has 1 aromatic carbocycles. The molecule has 3 fully saturated rings. The Morgan fingerprint density at radius 1 is 1.19 bits per heavy atom. The molecule has 4 rings (SSSR count). The molecule has 1 aromatic rings. The maximum atomic E-state index is 13.3. The molecule has 0 radical (unpaired) electrons. The number of aliphatic hydroxyl groups is 1. The Balaban J connectivity index is 1.54. The highest BCUT2D eigenvalue weighted by molar-refractivity contribution is 5.90. The minimum absolute atomic E-state index is 0.0309. The molecule has 0 aromatic heterocycles. The Kier molecular flexibility index (Phi) is 4.51.